The lowest BCUT2D eigenvalue weighted by Gasteiger charge is -2.30. The molecule has 2 heterocycles. The van der Waals surface area contributed by atoms with Gasteiger partial charge in [-0.1, -0.05) is 0 Å². The lowest BCUT2D eigenvalue weighted by atomic mass is 10.2. The summed E-state index contributed by atoms with van der Waals surface area (Å²) in [5, 5.41) is 7.14. The summed E-state index contributed by atoms with van der Waals surface area (Å²) < 4.78 is 20.3. The molecule has 1 N–H and O–H groups in total. The van der Waals surface area contributed by atoms with Crippen molar-refractivity contribution in [1.29, 1.82) is 0 Å². The fraction of sp³-hybridized carbons (Fsp3) is 0.412. The van der Waals surface area contributed by atoms with Crippen molar-refractivity contribution in [2.24, 2.45) is 0 Å². The van der Waals surface area contributed by atoms with Crippen LogP contribution >= 0.6 is 0 Å². The van der Waals surface area contributed by atoms with E-state index in [1.165, 1.54) is 18.3 Å². The summed E-state index contributed by atoms with van der Waals surface area (Å²) in [4.78, 5) is 14.6. The van der Waals surface area contributed by atoms with Gasteiger partial charge in [0.15, 0.2) is 0 Å². The first-order chi connectivity index (χ1) is 11.5. The Bertz CT molecular complexity index is 714. The lowest BCUT2D eigenvalue weighted by molar-refractivity contribution is -0.0175. The highest BCUT2D eigenvalue weighted by Gasteiger charge is 2.20. The molecule has 0 radical (unpaired) electrons. The van der Waals surface area contributed by atoms with Gasteiger partial charge in [0.1, 0.15) is 5.82 Å². The first-order valence-corrected chi connectivity index (χ1v) is 7.93. The molecular weight excluding hydrogens is 311 g/mol. The zero-order chi connectivity index (χ0) is 17.1. The van der Waals surface area contributed by atoms with E-state index >= 15 is 0 Å². The summed E-state index contributed by atoms with van der Waals surface area (Å²) in [7, 11) is 2.04. The highest BCUT2D eigenvalue weighted by molar-refractivity contribution is 5.95. The van der Waals surface area contributed by atoms with Crippen LogP contribution in [0.4, 0.5) is 4.39 Å². The first-order valence-electron chi connectivity index (χ1n) is 7.93. The molecule has 1 aromatic carbocycles. The molecule has 0 spiro atoms. The van der Waals surface area contributed by atoms with Gasteiger partial charge in [-0.15, -0.1) is 0 Å². The lowest BCUT2D eigenvalue weighted by Crippen LogP contribution is -2.45. The Balaban J connectivity index is 1.66. The minimum Gasteiger partial charge on any atom is -0.374 e. The molecule has 0 bridgehead atoms. The highest BCUT2D eigenvalue weighted by Crippen LogP contribution is 2.15. The molecule has 2 aromatic rings. The van der Waals surface area contributed by atoms with E-state index in [1.807, 2.05) is 14.0 Å². The maximum absolute atomic E-state index is 13.0. The number of morpholine rings is 1. The van der Waals surface area contributed by atoms with Gasteiger partial charge in [-0.25, -0.2) is 9.07 Å². The van der Waals surface area contributed by atoms with Gasteiger partial charge >= 0.3 is 0 Å². The Kier molecular flexibility index (Phi) is 4.92. The Morgan fingerprint density at radius 1 is 1.42 bits per heavy atom. The van der Waals surface area contributed by atoms with Crippen molar-refractivity contribution in [1.82, 2.24) is 20.0 Å². The number of benzene rings is 1. The Labute approximate surface area is 140 Å². The number of ether oxygens (including phenoxy) is 1. The number of carbonyl (C=O) groups excluding carboxylic acids is 1. The van der Waals surface area contributed by atoms with Crippen LogP contribution in [0.15, 0.2) is 30.5 Å². The van der Waals surface area contributed by atoms with Gasteiger partial charge < -0.3 is 15.0 Å². The largest absolute Gasteiger partial charge is 0.374 e. The molecule has 1 unspecified atom stereocenters. The fourth-order valence-electron chi connectivity index (χ4n) is 2.77. The fourth-order valence-corrected chi connectivity index (χ4v) is 2.77. The molecule has 1 amide bonds. The molecule has 0 saturated carbocycles. The molecule has 3 rings (SSSR count). The quantitative estimate of drug-likeness (QED) is 0.919. The van der Waals surface area contributed by atoms with Crippen LogP contribution in [0, 0.1) is 12.7 Å². The van der Waals surface area contributed by atoms with E-state index in [0.29, 0.717) is 30.1 Å². The van der Waals surface area contributed by atoms with Crippen molar-refractivity contribution >= 4 is 5.91 Å². The number of rotatable bonds is 4. The van der Waals surface area contributed by atoms with Crippen LogP contribution in [0.25, 0.3) is 5.69 Å². The molecule has 7 heteroatoms. The average molecular weight is 332 g/mol. The van der Waals surface area contributed by atoms with Gasteiger partial charge in [-0.3, -0.25) is 4.79 Å². The predicted octanol–water partition coefficient (Wildman–Crippen LogP) is 1.38. The van der Waals surface area contributed by atoms with Gasteiger partial charge in [0.25, 0.3) is 5.91 Å². The van der Waals surface area contributed by atoms with Crippen molar-refractivity contribution < 1.29 is 13.9 Å². The van der Waals surface area contributed by atoms with Gasteiger partial charge in [0.2, 0.25) is 0 Å². The monoisotopic (exact) mass is 332 g/mol. The number of nitrogens with one attached hydrogen (secondary N) is 1. The normalized spacial score (nSPS) is 18.5. The smallest absolute Gasteiger partial charge is 0.254 e. The molecule has 1 fully saturated rings. The number of amides is 1. The Morgan fingerprint density at radius 2 is 2.17 bits per heavy atom. The number of likely N-dealkylation sites (N-methyl/N-ethyl adjacent to an activating group) is 1. The standard InChI is InChI=1S/C17H21FN4O2/c1-12-16(10-20-22(12)14-5-3-13(18)4-6-14)17(23)19-9-15-11-21(2)7-8-24-15/h3-6,10,15H,7-9,11H2,1-2H3,(H,19,23). The second-order valence-corrected chi connectivity index (χ2v) is 6.00. The van der Waals surface area contributed by atoms with Crippen molar-refractivity contribution in [3.63, 3.8) is 0 Å². The number of aromatic nitrogens is 2. The molecule has 0 aliphatic carbocycles. The third kappa shape index (κ3) is 3.63. The molecule has 1 aromatic heterocycles. The van der Waals surface area contributed by atoms with E-state index in [9.17, 15) is 9.18 Å². The molecule has 1 saturated heterocycles. The first kappa shape index (κ1) is 16.6. The van der Waals surface area contributed by atoms with Crippen LogP contribution in [-0.4, -0.2) is 60.0 Å². The maximum Gasteiger partial charge on any atom is 0.254 e. The van der Waals surface area contributed by atoms with Crippen LogP contribution in [0.2, 0.25) is 0 Å². The Hall–Kier alpha value is -2.25. The zero-order valence-corrected chi connectivity index (χ0v) is 13.8. The predicted molar refractivity (Wildman–Crippen MR) is 87.8 cm³/mol. The third-order valence-corrected chi connectivity index (χ3v) is 4.16. The molecule has 6 nitrogen and oxygen atoms in total. The second-order valence-electron chi connectivity index (χ2n) is 6.00. The second kappa shape index (κ2) is 7.11. The van der Waals surface area contributed by atoms with E-state index in [0.717, 1.165) is 13.1 Å². The summed E-state index contributed by atoms with van der Waals surface area (Å²) in [6.45, 7) is 4.67. The van der Waals surface area contributed by atoms with Gasteiger partial charge in [0.05, 0.1) is 35.9 Å². The van der Waals surface area contributed by atoms with Gasteiger partial charge in [0, 0.05) is 19.6 Å². The maximum atomic E-state index is 13.0. The topological polar surface area (TPSA) is 59.4 Å². The van der Waals surface area contributed by atoms with Gasteiger partial charge in [-0.2, -0.15) is 5.10 Å². The van der Waals surface area contributed by atoms with Crippen LogP contribution < -0.4 is 5.32 Å². The van der Waals surface area contributed by atoms with Gasteiger partial charge in [-0.05, 0) is 38.2 Å². The Morgan fingerprint density at radius 3 is 2.88 bits per heavy atom. The van der Waals surface area contributed by atoms with Crippen LogP contribution in [0.1, 0.15) is 16.1 Å². The molecule has 128 valence electrons. The molecule has 1 aliphatic heterocycles. The minimum atomic E-state index is -0.307. The van der Waals surface area contributed by atoms with E-state index in [-0.39, 0.29) is 17.8 Å². The number of nitrogens with zero attached hydrogens (tertiary/aromatic N) is 3. The third-order valence-electron chi connectivity index (χ3n) is 4.16. The van der Waals surface area contributed by atoms with Crippen LogP contribution in [0.3, 0.4) is 0 Å². The minimum absolute atomic E-state index is 0.000138. The van der Waals surface area contributed by atoms with Crippen molar-refractivity contribution in [2.75, 3.05) is 33.3 Å². The van der Waals surface area contributed by atoms with E-state index in [2.05, 4.69) is 15.3 Å². The molecular formula is C17H21FN4O2. The van der Waals surface area contributed by atoms with Crippen molar-refractivity contribution in [2.45, 2.75) is 13.0 Å². The molecule has 24 heavy (non-hydrogen) atoms. The van der Waals surface area contributed by atoms with Crippen LogP contribution in [0.5, 0.6) is 0 Å². The van der Waals surface area contributed by atoms with Crippen molar-refractivity contribution in [3.8, 4) is 5.69 Å². The van der Waals surface area contributed by atoms with E-state index in [4.69, 9.17) is 4.74 Å². The average Bonchev–Trinajstić information content (AvgIpc) is 2.95. The summed E-state index contributed by atoms with van der Waals surface area (Å²) in [5.41, 5.74) is 1.93. The molecule has 1 aliphatic rings. The zero-order valence-electron chi connectivity index (χ0n) is 13.8. The summed E-state index contributed by atoms with van der Waals surface area (Å²) in [6, 6.07) is 5.99. The highest BCUT2D eigenvalue weighted by atomic mass is 19.1. The number of hydrogen-bond donors (Lipinski definition) is 1. The summed E-state index contributed by atoms with van der Waals surface area (Å²) in [5.74, 6) is -0.489. The van der Waals surface area contributed by atoms with E-state index < -0.39 is 0 Å². The number of hydrogen-bond acceptors (Lipinski definition) is 4. The SMILES string of the molecule is Cc1c(C(=O)NCC2CN(C)CCO2)cnn1-c1ccc(F)cc1. The van der Waals surface area contributed by atoms with Crippen LogP contribution in [-0.2, 0) is 4.74 Å². The number of halogens is 1. The summed E-state index contributed by atoms with van der Waals surface area (Å²) >= 11 is 0. The molecule has 1 atom stereocenters. The van der Waals surface area contributed by atoms with E-state index in [1.54, 1.807) is 16.8 Å². The summed E-state index contributed by atoms with van der Waals surface area (Å²) in [6.07, 6.45) is 1.53. The number of carbonyl (C=O) groups is 1. The van der Waals surface area contributed by atoms with Crippen molar-refractivity contribution in [3.05, 3.63) is 47.5 Å².